The van der Waals surface area contributed by atoms with E-state index >= 15 is 0 Å². The fourth-order valence-electron chi connectivity index (χ4n) is 4.99. The van der Waals surface area contributed by atoms with Gasteiger partial charge in [0.25, 0.3) is 15.9 Å². The van der Waals surface area contributed by atoms with Crippen molar-refractivity contribution in [3.63, 3.8) is 0 Å². The number of hydrogen-bond donors (Lipinski definition) is 0. The van der Waals surface area contributed by atoms with E-state index < -0.39 is 15.9 Å². The molecule has 0 saturated heterocycles. The predicted octanol–water partition coefficient (Wildman–Crippen LogP) is 3.50. The largest absolute Gasteiger partial charge is 0.496 e. The lowest BCUT2D eigenvalue weighted by atomic mass is 9.86. The van der Waals surface area contributed by atoms with E-state index in [0.29, 0.717) is 0 Å². The molecule has 0 N–H and O–H groups in total. The summed E-state index contributed by atoms with van der Waals surface area (Å²) in [4.78, 5) is 15.4. The van der Waals surface area contributed by atoms with Gasteiger partial charge >= 0.3 is 0 Å². The van der Waals surface area contributed by atoms with E-state index in [0.717, 1.165) is 42.3 Å². The summed E-state index contributed by atoms with van der Waals surface area (Å²) in [5.74, 6) is 0.494. The zero-order valence-electron chi connectivity index (χ0n) is 18.4. The Morgan fingerprint density at radius 2 is 1.97 bits per heavy atom. The second-order valence-electron chi connectivity index (χ2n) is 8.42. The molecule has 1 amide bonds. The normalized spacial score (nSPS) is 20.5. The second-order valence-corrected chi connectivity index (χ2v) is 10.2. The van der Waals surface area contributed by atoms with Gasteiger partial charge in [-0.25, -0.2) is 12.7 Å². The minimum Gasteiger partial charge on any atom is -0.496 e. The zero-order valence-corrected chi connectivity index (χ0v) is 19.2. The van der Waals surface area contributed by atoms with E-state index in [1.54, 1.807) is 25.3 Å². The predicted molar refractivity (Wildman–Crippen MR) is 120 cm³/mol. The summed E-state index contributed by atoms with van der Waals surface area (Å²) >= 11 is 0. The number of carbonyl (C=O) groups is 1. The molecule has 7 heteroatoms. The Morgan fingerprint density at radius 3 is 2.68 bits per heavy atom. The van der Waals surface area contributed by atoms with Crippen molar-refractivity contribution < 1.29 is 17.9 Å². The molecule has 2 aliphatic rings. The zero-order chi connectivity index (χ0) is 22.2. The molecule has 2 aromatic rings. The Balaban J connectivity index is 1.56. The number of nitrogens with zero attached hydrogens (tertiary/aromatic N) is 2. The minimum atomic E-state index is -3.79. The van der Waals surface area contributed by atoms with Gasteiger partial charge in [0.05, 0.1) is 19.2 Å². The molecule has 6 nitrogen and oxygen atoms in total. The van der Waals surface area contributed by atoms with Crippen molar-refractivity contribution in [2.45, 2.75) is 56.5 Å². The fraction of sp³-hybridized carbons (Fsp3) is 0.458. The molecule has 4 rings (SSSR count). The first-order valence-electron chi connectivity index (χ1n) is 10.9. The molecule has 1 aliphatic heterocycles. The van der Waals surface area contributed by atoms with Crippen molar-refractivity contribution in [3.8, 4) is 5.75 Å². The smallest absolute Gasteiger partial charge is 0.269 e. The highest BCUT2D eigenvalue weighted by atomic mass is 32.2. The number of rotatable bonds is 7. The van der Waals surface area contributed by atoms with Gasteiger partial charge in [-0.05, 0) is 68.5 Å². The van der Waals surface area contributed by atoms with Gasteiger partial charge in [-0.2, -0.15) is 0 Å². The van der Waals surface area contributed by atoms with Crippen LogP contribution in [0.1, 0.15) is 48.2 Å². The molecule has 2 aromatic carbocycles. The van der Waals surface area contributed by atoms with Crippen LogP contribution in [-0.2, 0) is 22.9 Å². The number of amides is 1. The first-order chi connectivity index (χ1) is 14.9. The standard InChI is InChI=1S/C24H30N2O4S/c1-4-14-25(19-13-12-18-8-7-10-22(30-3)21(18)15-19)17(2)16-26-24(27)20-9-5-6-11-23(20)31(26,28)29/h5-11,17,19H,4,12-16H2,1-3H3. The van der Waals surface area contributed by atoms with Crippen molar-refractivity contribution in [1.29, 1.82) is 0 Å². The van der Waals surface area contributed by atoms with Crippen molar-refractivity contribution in [3.05, 3.63) is 59.2 Å². The minimum absolute atomic E-state index is 0.0887. The van der Waals surface area contributed by atoms with Gasteiger partial charge in [-0.1, -0.05) is 31.2 Å². The molecule has 1 aliphatic carbocycles. The topological polar surface area (TPSA) is 66.9 Å². The molecule has 1 heterocycles. The molecular formula is C24H30N2O4S. The Kier molecular flexibility index (Phi) is 6.08. The molecule has 0 bridgehead atoms. The number of fused-ring (bicyclic) bond motifs is 2. The van der Waals surface area contributed by atoms with E-state index in [1.807, 2.05) is 19.1 Å². The molecule has 2 unspecified atom stereocenters. The number of aryl methyl sites for hydroxylation is 1. The maximum absolute atomic E-state index is 13.0. The average molecular weight is 443 g/mol. The van der Waals surface area contributed by atoms with Crippen LogP contribution in [-0.4, -0.2) is 55.8 Å². The lowest BCUT2D eigenvalue weighted by Crippen LogP contribution is -2.50. The molecule has 0 saturated carbocycles. The highest BCUT2D eigenvalue weighted by Gasteiger charge is 2.42. The summed E-state index contributed by atoms with van der Waals surface area (Å²) in [6, 6.07) is 12.9. The highest BCUT2D eigenvalue weighted by molar-refractivity contribution is 7.90. The van der Waals surface area contributed by atoms with E-state index in [2.05, 4.69) is 17.9 Å². The highest BCUT2D eigenvalue weighted by Crippen LogP contribution is 2.34. The van der Waals surface area contributed by atoms with Crippen molar-refractivity contribution in [2.24, 2.45) is 0 Å². The molecule has 31 heavy (non-hydrogen) atoms. The van der Waals surface area contributed by atoms with Crippen molar-refractivity contribution >= 4 is 15.9 Å². The van der Waals surface area contributed by atoms with Gasteiger partial charge in [-0.3, -0.25) is 9.69 Å². The van der Waals surface area contributed by atoms with E-state index in [1.165, 1.54) is 17.2 Å². The first kappa shape index (κ1) is 21.8. The van der Waals surface area contributed by atoms with E-state index in [9.17, 15) is 13.2 Å². The van der Waals surface area contributed by atoms with Crippen LogP contribution in [0.25, 0.3) is 0 Å². The van der Waals surface area contributed by atoms with Crippen LogP contribution >= 0.6 is 0 Å². The molecule has 0 radical (unpaired) electrons. The summed E-state index contributed by atoms with van der Waals surface area (Å²) in [7, 11) is -2.09. The molecule has 166 valence electrons. The lowest BCUT2D eigenvalue weighted by Gasteiger charge is -2.40. The van der Waals surface area contributed by atoms with E-state index in [-0.39, 0.29) is 29.1 Å². The Morgan fingerprint density at radius 1 is 1.19 bits per heavy atom. The van der Waals surface area contributed by atoms with Crippen LogP contribution in [0.15, 0.2) is 47.4 Å². The SMILES string of the molecule is CCCN(C(C)CN1C(=O)c2ccccc2S1(=O)=O)C1CCc2cccc(OC)c2C1. The summed E-state index contributed by atoms with van der Waals surface area (Å²) in [5.41, 5.74) is 2.84. The first-order valence-corrected chi connectivity index (χ1v) is 12.4. The van der Waals surface area contributed by atoms with Gasteiger partial charge in [0, 0.05) is 12.1 Å². The Labute approximate surface area is 184 Å². The Bertz CT molecular complexity index is 1070. The maximum atomic E-state index is 13.0. The third-order valence-corrected chi connectivity index (χ3v) is 8.30. The third kappa shape index (κ3) is 3.85. The van der Waals surface area contributed by atoms with E-state index in [4.69, 9.17) is 4.74 Å². The summed E-state index contributed by atoms with van der Waals surface area (Å²) in [6.07, 6.45) is 3.80. The van der Waals surface area contributed by atoms with Crippen molar-refractivity contribution in [2.75, 3.05) is 20.2 Å². The molecule has 0 spiro atoms. The maximum Gasteiger partial charge on any atom is 0.269 e. The van der Waals surface area contributed by atoms with Crippen LogP contribution in [0.3, 0.4) is 0 Å². The van der Waals surface area contributed by atoms with Gasteiger partial charge in [-0.15, -0.1) is 0 Å². The molecule has 0 aromatic heterocycles. The van der Waals surface area contributed by atoms with Crippen LogP contribution in [0, 0.1) is 0 Å². The van der Waals surface area contributed by atoms with Gasteiger partial charge < -0.3 is 4.74 Å². The number of methoxy groups -OCH3 is 1. The van der Waals surface area contributed by atoms with Crippen LogP contribution in [0.2, 0.25) is 0 Å². The summed E-state index contributed by atoms with van der Waals surface area (Å²) in [5, 5.41) is 0. The van der Waals surface area contributed by atoms with Crippen molar-refractivity contribution in [1.82, 2.24) is 9.21 Å². The quantitative estimate of drug-likeness (QED) is 0.657. The number of ether oxygens (including phenoxy) is 1. The monoisotopic (exact) mass is 442 g/mol. The van der Waals surface area contributed by atoms with Gasteiger partial charge in [0.1, 0.15) is 10.6 Å². The molecule has 0 fully saturated rings. The van der Waals surface area contributed by atoms with Crippen LogP contribution < -0.4 is 4.74 Å². The third-order valence-electron chi connectivity index (χ3n) is 6.50. The lowest BCUT2D eigenvalue weighted by molar-refractivity contribution is 0.0784. The number of hydrogen-bond acceptors (Lipinski definition) is 5. The fourth-order valence-corrected chi connectivity index (χ4v) is 6.64. The number of sulfonamides is 1. The van der Waals surface area contributed by atoms with Gasteiger partial charge in [0.2, 0.25) is 0 Å². The molecular weight excluding hydrogens is 412 g/mol. The second kappa shape index (κ2) is 8.63. The number of benzene rings is 2. The van der Waals surface area contributed by atoms with Crippen LogP contribution in [0.5, 0.6) is 5.75 Å². The van der Waals surface area contributed by atoms with Gasteiger partial charge in [0.15, 0.2) is 0 Å². The number of carbonyl (C=O) groups excluding carboxylic acids is 1. The average Bonchev–Trinajstić information content (AvgIpc) is 2.97. The molecule has 2 atom stereocenters. The van der Waals surface area contributed by atoms with Crippen LogP contribution in [0.4, 0.5) is 0 Å². The summed E-state index contributed by atoms with van der Waals surface area (Å²) in [6.45, 7) is 5.17. The Hall–Kier alpha value is -2.38. The summed E-state index contributed by atoms with van der Waals surface area (Å²) < 4.78 is 32.7.